The van der Waals surface area contributed by atoms with Crippen LogP contribution in [-0.2, 0) is 21.0 Å². The lowest BCUT2D eigenvalue weighted by atomic mass is 10.1. The number of nitrogens with one attached hydrogen (secondary N) is 3. The van der Waals surface area contributed by atoms with Crippen LogP contribution in [0.15, 0.2) is 41.3 Å². The summed E-state index contributed by atoms with van der Waals surface area (Å²) in [6.07, 6.45) is -4.56. The summed E-state index contributed by atoms with van der Waals surface area (Å²) >= 11 is 0. The predicted molar refractivity (Wildman–Crippen MR) is 105 cm³/mol. The molecule has 0 unspecified atom stereocenters. The van der Waals surface area contributed by atoms with Gasteiger partial charge < -0.3 is 15.4 Å². The van der Waals surface area contributed by atoms with E-state index in [1.807, 2.05) is 0 Å². The van der Waals surface area contributed by atoms with Gasteiger partial charge in [0.1, 0.15) is 11.3 Å². The summed E-state index contributed by atoms with van der Waals surface area (Å²) in [6.45, 7) is 2.95. The number of alkyl halides is 3. The first-order chi connectivity index (χ1) is 14.2. The number of hydrogen-bond donors (Lipinski definition) is 3. The Balaban J connectivity index is 2.01. The van der Waals surface area contributed by atoms with E-state index in [-0.39, 0.29) is 27.6 Å². The summed E-state index contributed by atoms with van der Waals surface area (Å²) in [5, 5.41) is 5.04. The maximum Gasteiger partial charge on any atom is 0.416 e. The SMILES string of the molecule is COc1cc(S(=O)(=O)Nc2ccc(C(F)(F)F)cc2)cc2c1NC(=O)C(C)(C)NC2=O. The number of carbonyl (C=O) groups is 2. The average molecular weight is 457 g/mol. The summed E-state index contributed by atoms with van der Waals surface area (Å²) in [6, 6.07) is 5.55. The van der Waals surface area contributed by atoms with E-state index in [2.05, 4.69) is 15.4 Å². The van der Waals surface area contributed by atoms with Gasteiger partial charge in [-0.2, -0.15) is 13.2 Å². The number of sulfonamides is 1. The minimum absolute atomic E-state index is 0.00375. The Kier molecular flexibility index (Phi) is 5.38. The molecule has 1 aliphatic rings. The normalized spacial score (nSPS) is 15.9. The van der Waals surface area contributed by atoms with Crippen LogP contribution in [0.3, 0.4) is 0 Å². The lowest BCUT2D eigenvalue weighted by molar-refractivity contribution is -0.137. The molecule has 0 saturated heterocycles. The minimum Gasteiger partial charge on any atom is -0.495 e. The lowest BCUT2D eigenvalue weighted by Gasteiger charge is -2.21. The average Bonchev–Trinajstić information content (AvgIpc) is 2.74. The molecule has 0 aliphatic carbocycles. The van der Waals surface area contributed by atoms with Crippen LogP contribution in [0, 0.1) is 0 Å². The van der Waals surface area contributed by atoms with Crippen LogP contribution in [0.4, 0.5) is 24.5 Å². The first kappa shape index (κ1) is 22.4. The van der Waals surface area contributed by atoms with Crippen LogP contribution in [0.25, 0.3) is 0 Å². The standard InChI is InChI=1S/C19H18F3N3O5S/c1-18(2)17(27)23-15-13(16(26)24-18)8-12(9-14(15)30-3)31(28,29)25-11-6-4-10(5-7-11)19(20,21)22/h4-9,25H,1-3H3,(H,23,27)(H,24,26). The fourth-order valence-electron chi connectivity index (χ4n) is 2.83. The predicted octanol–water partition coefficient (Wildman–Crippen LogP) is 2.98. The van der Waals surface area contributed by atoms with Gasteiger partial charge in [0.25, 0.3) is 15.9 Å². The molecule has 2 aromatic rings. The second-order valence-corrected chi connectivity index (χ2v) is 8.94. The molecule has 1 aliphatic heterocycles. The quantitative estimate of drug-likeness (QED) is 0.653. The molecule has 0 radical (unpaired) electrons. The van der Waals surface area contributed by atoms with Crippen LogP contribution < -0.4 is 20.1 Å². The van der Waals surface area contributed by atoms with Gasteiger partial charge in [-0.15, -0.1) is 0 Å². The van der Waals surface area contributed by atoms with E-state index in [0.29, 0.717) is 0 Å². The van der Waals surface area contributed by atoms with Crippen LogP contribution in [-0.4, -0.2) is 32.9 Å². The number of halogens is 3. The molecule has 3 N–H and O–H groups in total. The van der Waals surface area contributed by atoms with Crippen LogP contribution >= 0.6 is 0 Å². The third-order valence-electron chi connectivity index (χ3n) is 4.55. The monoisotopic (exact) mass is 457 g/mol. The number of amides is 2. The van der Waals surface area contributed by atoms with Crippen molar-refractivity contribution in [3.63, 3.8) is 0 Å². The number of carbonyl (C=O) groups excluding carboxylic acids is 2. The summed E-state index contributed by atoms with van der Waals surface area (Å²) < 4.78 is 71.0. The molecule has 1 heterocycles. The van der Waals surface area contributed by atoms with Crippen LogP contribution in [0.1, 0.15) is 29.8 Å². The van der Waals surface area contributed by atoms with Crippen molar-refractivity contribution in [2.75, 3.05) is 17.1 Å². The number of rotatable bonds is 4. The highest BCUT2D eigenvalue weighted by molar-refractivity contribution is 7.92. The molecular formula is C19H18F3N3O5S. The van der Waals surface area contributed by atoms with E-state index < -0.39 is 39.1 Å². The molecule has 0 aromatic heterocycles. The summed E-state index contributed by atoms with van der Waals surface area (Å²) in [5.41, 5.74) is -2.45. The molecule has 0 atom stereocenters. The highest BCUT2D eigenvalue weighted by Crippen LogP contribution is 2.35. The Bertz CT molecular complexity index is 1160. The van der Waals surface area contributed by atoms with E-state index in [9.17, 15) is 31.2 Å². The summed E-state index contributed by atoms with van der Waals surface area (Å²) in [5.74, 6) is -1.31. The Morgan fingerprint density at radius 1 is 1.06 bits per heavy atom. The number of methoxy groups -OCH3 is 1. The van der Waals surface area contributed by atoms with Gasteiger partial charge in [-0.25, -0.2) is 8.42 Å². The van der Waals surface area contributed by atoms with Crippen molar-refractivity contribution in [3.05, 3.63) is 47.5 Å². The smallest absolute Gasteiger partial charge is 0.416 e. The zero-order valence-corrected chi connectivity index (χ0v) is 17.4. The van der Waals surface area contributed by atoms with Gasteiger partial charge in [0.15, 0.2) is 0 Å². The van der Waals surface area contributed by atoms with Crippen LogP contribution in [0.5, 0.6) is 5.75 Å². The second kappa shape index (κ2) is 7.45. The van der Waals surface area contributed by atoms with Crippen molar-refractivity contribution in [2.45, 2.75) is 30.5 Å². The largest absolute Gasteiger partial charge is 0.495 e. The van der Waals surface area contributed by atoms with Gasteiger partial charge in [0.05, 0.1) is 28.8 Å². The van der Waals surface area contributed by atoms with E-state index in [1.54, 1.807) is 0 Å². The first-order valence-corrected chi connectivity index (χ1v) is 10.3. The maximum atomic E-state index is 12.8. The Morgan fingerprint density at radius 2 is 1.68 bits per heavy atom. The highest BCUT2D eigenvalue weighted by atomic mass is 32.2. The molecule has 0 spiro atoms. The number of benzene rings is 2. The molecular weight excluding hydrogens is 439 g/mol. The molecule has 2 aromatic carbocycles. The van der Waals surface area contributed by atoms with Crippen molar-refractivity contribution in [1.82, 2.24) is 5.32 Å². The third kappa shape index (κ3) is 4.43. The Hall–Kier alpha value is -3.28. The van der Waals surface area contributed by atoms with Crippen molar-refractivity contribution < 1.29 is 35.9 Å². The van der Waals surface area contributed by atoms with E-state index in [0.717, 1.165) is 36.4 Å². The fraction of sp³-hybridized carbons (Fsp3) is 0.263. The van der Waals surface area contributed by atoms with Gasteiger partial charge >= 0.3 is 6.18 Å². The molecule has 31 heavy (non-hydrogen) atoms. The van der Waals surface area contributed by atoms with Gasteiger partial charge in [-0.1, -0.05) is 0 Å². The fourth-order valence-corrected chi connectivity index (χ4v) is 3.93. The van der Waals surface area contributed by atoms with Gasteiger partial charge in [0, 0.05) is 11.8 Å². The number of fused-ring (bicyclic) bond motifs is 1. The molecule has 0 saturated carbocycles. The molecule has 0 fully saturated rings. The van der Waals surface area contributed by atoms with Crippen molar-refractivity contribution in [2.24, 2.45) is 0 Å². The minimum atomic E-state index is -4.56. The maximum absolute atomic E-state index is 12.8. The molecule has 166 valence electrons. The second-order valence-electron chi connectivity index (χ2n) is 7.26. The number of hydrogen-bond acceptors (Lipinski definition) is 5. The Morgan fingerprint density at radius 3 is 2.23 bits per heavy atom. The van der Waals surface area contributed by atoms with Crippen molar-refractivity contribution in [3.8, 4) is 5.75 Å². The molecule has 8 nitrogen and oxygen atoms in total. The van der Waals surface area contributed by atoms with Gasteiger partial charge in [-0.3, -0.25) is 14.3 Å². The molecule has 3 rings (SSSR count). The van der Waals surface area contributed by atoms with Gasteiger partial charge in [-0.05, 0) is 44.2 Å². The van der Waals surface area contributed by atoms with E-state index in [4.69, 9.17) is 4.74 Å². The topological polar surface area (TPSA) is 114 Å². The van der Waals surface area contributed by atoms with Gasteiger partial charge in [0.2, 0.25) is 5.91 Å². The van der Waals surface area contributed by atoms with Crippen molar-refractivity contribution in [1.29, 1.82) is 0 Å². The summed E-state index contributed by atoms with van der Waals surface area (Å²) in [4.78, 5) is 24.6. The van der Waals surface area contributed by atoms with E-state index in [1.165, 1.54) is 21.0 Å². The number of ether oxygens (including phenoxy) is 1. The highest BCUT2D eigenvalue weighted by Gasteiger charge is 2.37. The first-order valence-electron chi connectivity index (χ1n) is 8.81. The van der Waals surface area contributed by atoms with E-state index >= 15 is 0 Å². The lowest BCUT2D eigenvalue weighted by Crippen LogP contribution is -2.50. The Labute approximate surface area is 175 Å². The molecule has 2 amide bonds. The zero-order chi connectivity index (χ0) is 23.2. The molecule has 12 heteroatoms. The van der Waals surface area contributed by atoms with Crippen LogP contribution in [0.2, 0.25) is 0 Å². The van der Waals surface area contributed by atoms with Crippen molar-refractivity contribution >= 4 is 33.2 Å². The third-order valence-corrected chi connectivity index (χ3v) is 5.91. The number of anilines is 2. The zero-order valence-electron chi connectivity index (χ0n) is 16.5. The molecule has 0 bridgehead atoms. The summed E-state index contributed by atoms with van der Waals surface area (Å²) in [7, 11) is -3.08.